The summed E-state index contributed by atoms with van der Waals surface area (Å²) in [5.74, 6) is 1.12. The summed E-state index contributed by atoms with van der Waals surface area (Å²) in [5.41, 5.74) is 1.77. The molecule has 3 aromatic rings. The molecular formula is C19H19N3O2S. The Hall–Kier alpha value is -2.60. The standard InChI is InChI=1S/C19H19N3O2S/c1-25-16-11-6-5-10-15(16)20-17(23)12-7-13-18-21-19(22-24-18)14-8-3-2-4-9-14/h2-6,8-11H,7,12-13H2,1H3,(H,20,23). The Morgan fingerprint density at radius 3 is 2.68 bits per heavy atom. The Bertz CT molecular complexity index is 833. The van der Waals surface area contributed by atoms with Crippen molar-refractivity contribution in [1.29, 1.82) is 0 Å². The zero-order valence-electron chi connectivity index (χ0n) is 13.9. The molecule has 0 spiro atoms. The van der Waals surface area contributed by atoms with Gasteiger partial charge in [0, 0.05) is 23.3 Å². The first kappa shape index (κ1) is 17.2. The van der Waals surface area contributed by atoms with Gasteiger partial charge in [0.05, 0.1) is 5.69 Å². The Labute approximate surface area is 150 Å². The summed E-state index contributed by atoms with van der Waals surface area (Å²) in [5, 5.41) is 6.94. The lowest BCUT2D eigenvalue weighted by molar-refractivity contribution is -0.116. The molecule has 6 heteroatoms. The highest BCUT2D eigenvalue weighted by atomic mass is 32.2. The van der Waals surface area contributed by atoms with Crippen molar-refractivity contribution in [3.8, 4) is 11.4 Å². The van der Waals surface area contributed by atoms with Gasteiger partial charge in [0.15, 0.2) is 0 Å². The number of nitrogens with one attached hydrogen (secondary N) is 1. The number of aromatic nitrogens is 2. The number of carbonyl (C=O) groups is 1. The Kier molecular flexibility index (Phi) is 5.85. The molecule has 1 N–H and O–H groups in total. The Balaban J connectivity index is 1.50. The molecule has 5 nitrogen and oxygen atoms in total. The third-order valence-electron chi connectivity index (χ3n) is 3.68. The van der Waals surface area contributed by atoms with Crippen molar-refractivity contribution < 1.29 is 9.32 Å². The van der Waals surface area contributed by atoms with Crippen LogP contribution in [-0.4, -0.2) is 22.3 Å². The zero-order chi connectivity index (χ0) is 17.5. The predicted octanol–water partition coefficient (Wildman–Crippen LogP) is 4.42. The summed E-state index contributed by atoms with van der Waals surface area (Å²) in [4.78, 5) is 17.5. The van der Waals surface area contributed by atoms with Crippen LogP contribution in [-0.2, 0) is 11.2 Å². The molecule has 0 saturated carbocycles. The fourth-order valence-electron chi connectivity index (χ4n) is 2.42. The quantitative estimate of drug-likeness (QED) is 0.637. The van der Waals surface area contributed by atoms with Crippen LogP contribution in [0.3, 0.4) is 0 Å². The van der Waals surface area contributed by atoms with Crippen molar-refractivity contribution in [2.24, 2.45) is 0 Å². The molecule has 0 bridgehead atoms. The fraction of sp³-hybridized carbons (Fsp3) is 0.211. The minimum atomic E-state index is -0.00991. The number of aryl methyl sites for hydroxylation is 1. The molecule has 0 atom stereocenters. The van der Waals surface area contributed by atoms with Crippen LogP contribution >= 0.6 is 11.8 Å². The third kappa shape index (κ3) is 4.70. The smallest absolute Gasteiger partial charge is 0.226 e. The summed E-state index contributed by atoms with van der Waals surface area (Å²) in [7, 11) is 0. The normalized spacial score (nSPS) is 10.6. The number of hydrogen-bond acceptors (Lipinski definition) is 5. The van der Waals surface area contributed by atoms with Crippen LogP contribution in [0.5, 0.6) is 0 Å². The van der Waals surface area contributed by atoms with Gasteiger partial charge in [0.1, 0.15) is 0 Å². The fourth-order valence-corrected chi connectivity index (χ4v) is 2.98. The molecule has 25 heavy (non-hydrogen) atoms. The van der Waals surface area contributed by atoms with Gasteiger partial charge in [-0.15, -0.1) is 11.8 Å². The number of hydrogen-bond donors (Lipinski definition) is 1. The molecule has 0 radical (unpaired) electrons. The molecule has 2 aromatic carbocycles. The molecule has 0 fully saturated rings. The molecule has 1 amide bonds. The van der Waals surface area contributed by atoms with Gasteiger partial charge >= 0.3 is 0 Å². The van der Waals surface area contributed by atoms with E-state index in [1.54, 1.807) is 11.8 Å². The Morgan fingerprint density at radius 1 is 1.12 bits per heavy atom. The highest BCUT2D eigenvalue weighted by Gasteiger charge is 2.10. The van der Waals surface area contributed by atoms with Crippen LogP contribution in [0.15, 0.2) is 64.0 Å². The van der Waals surface area contributed by atoms with E-state index in [0.717, 1.165) is 16.1 Å². The van der Waals surface area contributed by atoms with Crippen LogP contribution < -0.4 is 5.32 Å². The highest BCUT2D eigenvalue weighted by Crippen LogP contribution is 2.24. The monoisotopic (exact) mass is 353 g/mol. The van der Waals surface area contributed by atoms with Crippen molar-refractivity contribution >= 4 is 23.4 Å². The first-order chi connectivity index (χ1) is 12.3. The van der Waals surface area contributed by atoms with Crippen LogP contribution in [0.1, 0.15) is 18.7 Å². The molecule has 3 rings (SSSR count). The van der Waals surface area contributed by atoms with E-state index in [2.05, 4.69) is 15.5 Å². The second kappa shape index (κ2) is 8.48. The van der Waals surface area contributed by atoms with Gasteiger partial charge in [-0.1, -0.05) is 47.6 Å². The van der Waals surface area contributed by atoms with E-state index in [-0.39, 0.29) is 5.91 Å². The van der Waals surface area contributed by atoms with Crippen molar-refractivity contribution in [2.45, 2.75) is 24.2 Å². The van der Waals surface area contributed by atoms with Gasteiger partial charge in [-0.25, -0.2) is 0 Å². The molecular weight excluding hydrogens is 334 g/mol. The summed E-state index contributed by atoms with van der Waals surface area (Å²) in [6.45, 7) is 0. The molecule has 0 aliphatic carbocycles. The molecule has 0 aliphatic rings. The lowest BCUT2D eigenvalue weighted by Crippen LogP contribution is -2.12. The summed E-state index contributed by atoms with van der Waals surface area (Å²) >= 11 is 1.61. The molecule has 0 unspecified atom stereocenters. The number of benzene rings is 2. The SMILES string of the molecule is CSc1ccccc1NC(=O)CCCc1nc(-c2ccccc2)no1. The minimum Gasteiger partial charge on any atom is -0.339 e. The van der Waals surface area contributed by atoms with Gasteiger partial charge in [0.25, 0.3) is 0 Å². The summed E-state index contributed by atoms with van der Waals surface area (Å²) in [6, 6.07) is 17.5. The van der Waals surface area contributed by atoms with E-state index in [1.807, 2.05) is 60.9 Å². The second-order valence-corrected chi connectivity index (χ2v) is 6.33. The lowest BCUT2D eigenvalue weighted by Gasteiger charge is -2.08. The predicted molar refractivity (Wildman–Crippen MR) is 99.5 cm³/mol. The van der Waals surface area contributed by atoms with Crippen LogP contribution in [0.25, 0.3) is 11.4 Å². The Morgan fingerprint density at radius 2 is 1.88 bits per heavy atom. The van der Waals surface area contributed by atoms with Crippen molar-refractivity contribution in [1.82, 2.24) is 10.1 Å². The maximum Gasteiger partial charge on any atom is 0.226 e. The zero-order valence-corrected chi connectivity index (χ0v) is 14.8. The van der Waals surface area contributed by atoms with Gasteiger partial charge in [-0.05, 0) is 24.8 Å². The molecule has 128 valence electrons. The van der Waals surface area contributed by atoms with E-state index in [9.17, 15) is 4.79 Å². The number of para-hydroxylation sites is 1. The highest BCUT2D eigenvalue weighted by molar-refractivity contribution is 7.98. The van der Waals surface area contributed by atoms with Gasteiger partial charge in [-0.2, -0.15) is 4.98 Å². The number of anilines is 1. The van der Waals surface area contributed by atoms with Crippen molar-refractivity contribution in [3.05, 3.63) is 60.5 Å². The van der Waals surface area contributed by atoms with Crippen molar-refractivity contribution in [3.63, 3.8) is 0 Å². The van der Waals surface area contributed by atoms with Gasteiger partial charge in [0.2, 0.25) is 17.6 Å². The van der Waals surface area contributed by atoms with Gasteiger partial charge in [-0.3, -0.25) is 4.79 Å². The molecule has 0 aliphatic heterocycles. The second-order valence-electron chi connectivity index (χ2n) is 5.48. The van der Waals surface area contributed by atoms with Crippen LogP contribution in [0.2, 0.25) is 0 Å². The van der Waals surface area contributed by atoms with E-state index in [4.69, 9.17) is 4.52 Å². The molecule has 1 aromatic heterocycles. The number of nitrogens with zero attached hydrogens (tertiary/aromatic N) is 2. The number of rotatable bonds is 7. The van der Waals surface area contributed by atoms with Crippen LogP contribution in [0.4, 0.5) is 5.69 Å². The van der Waals surface area contributed by atoms with Crippen LogP contribution in [0, 0.1) is 0 Å². The van der Waals surface area contributed by atoms with Crippen molar-refractivity contribution in [2.75, 3.05) is 11.6 Å². The largest absolute Gasteiger partial charge is 0.339 e. The molecule has 0 saturated heterocycles. The number of carbonyl (C=O) groups excluding carboxylic acids is 1. The first-order valence-corrected chi connectivity index (χ1v) is 9.29. The average Bonchev–Trinajstić information content (AvgIpc) is 3.12. The number of amides is 1. The maximum atomic E-state index is 12.1. The van der Waals surface area contributed by atoms with E-state index >= 15 is 0 Å². The third-order valence-corrected chi connectivity index (χ3v) is 4.47. The summed E-state index contributed by atoms with van der Waals surface area (Å²) in [6.07, 6.45) is 3.64. The lowest BCUT2D eigenvalue weighted by atomic mass is 10.2. The van der Waals surface area contributed by atoms with E-state index in [0.29, 0.717) is 31.0 Å². The topological polar surface area (TPSA) is 68.0 Å². The summed E-state index contributed by atoms with van der Waals surface area (Å²) < 4.78 is 5.26. The van der Waals surface area contributed by atoms with E-state index < -0.39 is 0 Å². The average molecular weight is 353 g/mol. The van der Waals surface area contributed by atoms with E-state index in [1.165, 1.54) is 0 Å². The molecule has 1 heterocycles. The first-order valence-electron chi connectivity index (χ1n) is 8.07. The maximum absolute atomic E-state index is 12.1. The van der Waals surface area contributed by atoms with Gasteiger partial charge < -0.3 is 9.84 Å². The minimum absolute atomic E-state index is 0.00991. The number of thioether (sulfide) groups is 1.